The van der Waals surface area contributed by atoms with E-state index in [9.17, 15) is 4.79 Å². The zero-order valence-corrected chi connectivity index (χ0v) is 13.2. The molecule has 0 atom stereocenters. The van der Waals surface area contributed by atoms with Crippen LogP contribution in [-0.4, -0.2) is 15.7 Å². The van der Waals surface area contributed by atoms with Crippen molar-refractivity contribution >= 4 is 15.7 Å². The molecule has 2 rings (SSSR count). The fraction of sp³-hybridized carbons (Fsp3) is 0.933. The van der Waals surface area contributed by atoms with Gasteiger partial charge in [0.1, 0.15) is 0 Å². The summed E-state index contributed by atoms with van der Waals surface area (Å²) in [6, 6.07) is 0. The standard InChI is InChI=1S/C15H28O2Si/c1-2-7-14(16)17-18-15(12-8-3-4-9-12)13-10-5-6-11-13/h12-13,15H,2-11,18H2,1H3. The summed E-state index contributed by atoms with van der Waals surface area (Å²) in [5.74, 6) is 1.87. The van der Waals surface area contributed by atoms with Crippen LogP contribution in [0.4, 0.5) is 0 Å². The lowest BCUT2D eigenvalue weighted by Crippen LogP contribution is -2.24. The molecule has 0 saturated heterocycles. The molecule has 2 fully saturated rings. The van der Waals surface area contributed by atoms with Crippen LogP contribution in [0, 0.1) is 11.8 Å². The Kier molecular flexibility index (Phi) is 5.73. The van der Waals surface area contributed by atoms with Crippen LogP contribution in [0.25, 0.3) is 0 Å². The lowest BCUT2D eigenvalue weighted by atomic mass is 9.91. The predicted molar refractivity (Wildman–Crippen MR) is 77.2 cm³/mol. The molecule has 0 aromatic rings. The van der Waals surface area contributed by atoms with Crippen LogP contribution in [0.3, 0.4) is 0 Å². The summed E-state index contributed by atoms with van der Waals surface area (Å²) < 4.78 is 5.67. The lowest BCUT2D eigenvalue weighted by Gasteiger charge is -2.28. The molecule has 0 N–H and O–H groups in total. The molecule has 104 valence electrons. The summed E-state index contributed by atoms with van der Waals surface area (Å²) in [6.45, 7) is 2.05. The van der Waals surface area contributed by atoms with Gasteiger partial charge in [-0.2, -0.15) is 0 Å². The van der Waals surface area contributed by atoms with E-state index in [1.807, 2.05) is 6.92 Å². The van der Waals surface area contributed by atoms with Crippen molar-refractivity contribution in [2.45, 2.75) is 76.7 Å². The second-order valence-corrected chi connectivity index (χ2v) is 7.75. The van der Waals surface area contributed by atoms with E-state index >= 15 is 0 Å². The molecule has 0 amide bonds. The molecule has 2 aliphatic rings. The maximum atomic E-state index is 11.6. The summed E-state index contributed by atoms with van der Waals surface area (Å²) in [5.41, 5.74) is 0.802. The molecule has 18 heavy (non-hydrogen) atoms. The van der Waals surface area contributed by atoms with E-state index in [1.165, 1.54) is 51.4 Å². The van der Waals surface area contributed by atoms with Gasteiger partial charge < -0.3 is 4.43 Å². The molecule has 2 nitrogen and oxygen atoms in total. The lowest BCUT2D eigenvalue weighted by molar-refractivity contribution is -0.134. The highest BCUT2D eigenvalue weighted by Crippen LogP contribution is 2.44. The van der Waals surface area contributed by atoms with Crippen LogP contribution in [0.5, 0.6) is 0 Å². The number of carbonyl (C=O) groups is 1. The highest BCUT2D eigenvalue weighted by atomic mass is 28.2. The van der Waals surface area contributed by atoms with E-state index in [4.69, 9.17) is 4.43 Å². The van der Waals surface area contributed by atoms with Gasteiger partial charge in [-0.25, -0.2) is 0 Å². The van der Waals surface area contributed by atoms with Crippen molar-refractivity contribution in [3.63, 3.8) is 0 Å². The minimum absolute atomic E-state index is 0.0742. The Balaban J connectivity index is 1.85. The van der Waals surface area contributed by atoms with Crippen molar-refractivity contribution in [3.05, 3.63) is 0 Å². The van der Waals surface area contributed by atoms with Crippen molar-refractivity contribution in [1.82, 2.24) is 0 Å². The quantitative estimate of drug-likeness (QED) is 0.688. The third-order valence-electron chi connectivity index (χ3n) is 4.90. The molecule has 0 aliphatic heterocycles. The molecular weight excluding hydrogens is 240 g/mol. The molecule has 2 saturated carbocycles. The van der Waals surface area contributed by atoms with Crippen LogP contribution >= 0.6 is 0 Å². The van der Waals surface area contributed by atoms with Crippen LogP contribution in [0.1, 0.15) is 71.1 Å². The van der Waals surface area contributed by atoms with Crippen molar-refractivity contribution in [2.75, 3.05) is 0 Å². The first-order valence-electron chi connectivity index (χ1n) is 7.97. The molecule has 0 radical (unpaired) electrons. The Morgan fingerprint density at radius 1 is 1.11 bits per heavy atom. The van der Waals surface area contributed by atoms with E-state index in [0.717, 1.165) is 23.8 Å². The maximum Gasteiger partial charge on any atom is 0.292 e. The maximum absolute atomic E-state index is 11.6. The zero-order chi connectivity index (χ0) is 12.8. The molecule has 0 spiro atoms. The van der Waals surface area contributed by atoms with E-state index in [0.29, 0.717) is 6.42 Å². The van der Waals surface area contributed by atoms with E-state index in [-0.39, 0.29) is 5.97 Å². The van der Waals surface area contributed by atoms with E-state index in [1.54, 1.807) is 0 Å². The largest absolute Gasteiger partial charge is 0.525 e. The fourth-order valence-electron chi connectivity index (χ4n) is 3.89. The van der Waals surface area contributed by atoms with Gasteiger partial charge in [-0.15, -0.1) is 0 Å². The van der Waals surface area contributed by atoms with Crippen molar-refractivity contribution in [1.29, 1.82) is 0 Å². The highest BCUT2D eigenvalue weighted by Gasteiger charge is 2.34. The highest BCUT2D eigenvalue weighted by molar-refractivity contribution is 6.33. The van der Waals surface area contributed by atoms with Crippen LogP contribution < -0.4 is 0 Å². The summed E-state index contributed by atoms with van der Waals surface area (Å²) >= 11 is 0. The Morgan fingerprint density at radius 2 is 1.61 bits per heavy atom. The summed E-state index contributed by atoms with van der Waals surface area (Å²) in [4.78, 5) is 11.6. The topological polar surface area (TPSA) is 26.3 Å². The smallest absolute Gasteiger partial charge is 0.292 e. The molecular formula is C15H28O2Si. The molecule has 0 aromatic carbocycles. The molecule has 0 heterocycles. The van der Waals surface area contributed by atoms with Gasteiger partial charge >= 0.3 is 0 Å². The van der Waals surface area contributed by atoms with Crippen LogP contribution in [-0.2, 0) is 9.22 Å². The molecule has 3 heteroatoms. The SMILES string of the molecule is CCCC(=O)O[SiH2]C(C1CCCC1)C1CCCC1. The normalized spacial score (nSPS) is 22.6. The van der Waals surface area contributed by atoms with Gasteiger partial charge in [0, 0.05) is 6.42 Å². The third kappa shape index (κ3) is 3.84. The van der Waals surface area contributed by atoms with Crippen LogP contribution in [0.15, 0.2) is 0 Å². The van der Waals surface area contributed by atoms with Crippen molar-refractivity contribution in [3.8, 4) is 0 Å². The average molecular weight is 268 g/mol. The average Bonchev–Trinajstić information content (AvgIpc) is 3.02. The number of hydrogen-bond acceptors (Lipinski definition) is 2. The summed E-state index contributed by atoms with van der Waals surface area (Å²) in [7, 11) is -0.651. The van der Waals surface area contributed by atoms with Crippen LogP contribution in [0.2, 0.25) is 5.54 Å². The second kappa shape index (κ2) is 7.32. The monoisotopic (exact) mass is 268 g/mol. The molecule has 0 aromatic heterocycles. The van der Waals surface area contributed by atoms with Crippen molar-refractivity contribution in [2.24, 2.45) is 11.8 Å². The van der Waals surface area contributed by atoms with Gasteiger partial charge in [0.05, 0.1) is 0 Å². The second-order valence-electron chi connectivity index (χ2n) is 6.19. The number of hydrogen-bond donors (Lipinski definition) is 0. The Hall–Kier alpha value is -0.313. The summed E-state index contributed by atoms with van der Waals surface area (Å²) in [5, 5.41) is 0. The summed E-state index contributed by atoms with van der Waals surface area (Å²) in [6.07, 6.45) is 12.8. The Bertz CT molecular complexity index is 239. The first-order chi connectivity index (χ1) is 8.81. The Labute approximate surface area is 114 Å². The minimum atomic E-state index is -0.651. The van der Waals surface area contributed by atoms with Gasteiger partial charge in [0.2, 0.25) is 9.76 Å². The predicted octanol–water partition coefficient (Wildman–Crippen LogP) is 3.58. The van der Waals surface area contributed by atoms with Gasteiger partial charge in [-0.05, 0) is 23.8 Å². The molecule has 2 aliphatic carbocycles. The molecule has 0 bridgehead atoms. The zero-order valence-electron chi connectivity index (χ0n) is 11.8. The van der Waals surface area contributed by atoms with Gasteiger partial charge in [0.25, 0.3) is 5.97 Å². The number of rotatable bonds is 6. The van der Waals surface area contributed by atoms with Crippen molar-refractivity contribution < 1.29 is 9.22 Å². The third-order valence-corrected chi connectivity index (χ3v) is 7.11. The van der Waals surface area contributed by atoms with E-state index in [2.05, 4.69) is 0 Å². The first-order valence-corrected chi connectivity index (χ1v) is 9.36. The van der Waals surface area contributed by atoms with Gasteiger partial charge in [-0.3, -0.25) is 4.79 Å². The first kappa shape index (κ1) is 14.1. The number of carbonyl (C=O) groups excluding carboxylic acids is 1. The van der Waals surface area contributed by atoms with Gasteiger partial charge in [0.15, 0.2) is 0 Å². The van der Waals surface area contributed by atoms with E-state index < -0.39 is 9.76 Å². The Morgan fingerprint density at radius 3 is 2.06 bits per heavy atom. The van der Waals surface area contributed by atoms with Gasteiger partial charge in [-0.1, -0.05) is 58.3 Å². The fourth-order valence-corrected chi connectivity index (χ4v) is 5.90. The minimum Gasteiger partial charge on any atom is -0.525 e. The molecule has 0 unspecified atom stereocenters.